The minimum Gasteiger partial charge on any atom is -0.302 e. The Hall–Kier alpha value is -3.62. The second-order valence-electron chi connectivity index (χ2n) is 7.99. The summed E-state index contributed by atoms with van der Waals surface area (Å²) in [4.78, 5) is 30.7. The summed E-state index contributed by atoms with van der Waals surface area (Å²) < 4.78 is 24.7. The van der Waals surface area contributed by atoms with Gasteiger partial charge in [-0.2, -0.15) is 0 Å². The van der Waals surface area contributed by atoms with Gasteiger partial charge >= 0.3 is 0 Å². The minimum absolute atomic E-state index is 0.0379. The van der Waals surface area contributed by atoms with Crippen molar-refractivity contribution in [1.29, 1.82) is 0 Å². The molecule has 0 fully saturated rings. The Bertz CT molecular complexity index is 1400. The highest BCUT2D eigenvalue weighted by atomic mass is 32.2. The standard InChI is InChI=1S/C27H24N2O4S2/c30-23(17-10-18-35(32,33)19-20-11-4-1-5-12-20)28-27-29-24(21-13-6-2-7-14-21)26(34-27)25(31)22-15-8-3-9-16-22/h1-9,11-16H,10,17-19H2,(H,28,29,30). The van der Waals surface area contributed by atoms with Crippen LogP contribution in [0.4, 0.5) is 5.13 Å². The highest BCUT2D eigenvalue weighted by molar-refractivity contribution is 7.90. The number of aromatic nitrogens is 1. The van der Waals surface area contributed by atoms with Crippen molar-refractivity contribution in [3.63, 3.8) is 0 Å². The van der Waals surface area contributed by atoms with Crippen LogP contribution in [0.15, 0.2) is 91.0 Å². The Morgan fingerprint density at radius 1 is 0.829 bits per heavy atom. The quantitative estimate of drug-likeness (QED) is 0.293. The molecule has 3 aromatic carbocycles. The van der Waals surface area contributed by atoms with Crippen LogP contribution in [0.2, 0.25) is 0 Å². The van der Waals surface area contributed by atoms with Gasteiger partial charge in [0.25, 0.3) is 0 Å². The number of amides is 1. The molecule has 0 saturated carbocycles. The number of anilines is 1. The average Bonchev–Trinajstić information content (AvgIpc) is 3.28. The largest absolute Gasteiger partial charge is 0.302 e. The first kappa shape index (κ1) is 24.5. The first-order chi connectivity index (χ1) is 16.9. The molecule has 0 bridgehead atoms. The van der Waals surface area contributed by atoms with Gasteiger partial charge < -0.3 is 5.32 Å². The molecular weight excluding hydrogens is 480 g/mol. The number of thiazole rings is 1. The zero-order valence-electron chi connectivity index (χ0n) is 18.9. The fraction of sp³-hybridized carbons (Fsp3) is 0.148. The second-order valence-corrected chi connectivity index (χ2v) is 11.2. The molecule has 0 radical (unpaired) electrons. The summed E-state index contributed by atoms with van der Waals surface area (Å²) in [6, 6.07) is 27.2. The van der Waals surface area contributed by atoms with Crippen LogP contribution in [0, 0.1) is 0 Å². The summed E-state index contributed by atoms with van der Waals surface area (Å²) in [5, 5.41) is 3.04. The summed E-state index contributed by atoms with van der Waals surface area (Å²) >= 11 is 1.12. The number of nitrogens with one attached hydrogen (secondary N) is 1. The molecule has 8 heteroatoms. The highest BCUT2D eigenvalue weighted by Gasteiger charge is 2.22. The van der Waals surface area contributed by atoms with Crippen LogP contribution in [0.3, 0.4) is 0 Å². The van der Waals surface area contributed by atoms with Crippen molar-refractivity contribution in [3.8, 4) is 11.3 Å². The van der Waals surface area contributed by atoms with Crippen molar-refractivity contribution >= 4 is 38.0 Å². The molecule has 4 rings (SSSR count). The highest BCUT2D eigenvalue weighted by Crippen LogP contribution is 2.33. The van der Waals surface area contributed by atoms with Crippen LogP contribution >= 0.6 is 11.3 Å². The Kier molecular flexibility index (Phi) is 7.84. The summed E-state index contributed by atoms with van der Waals surface area (Å²) in [6.07, 6.45) is 0.240. The molecular formula is C27H24N2O4S2. The molecule has 0 aliphatic carbocycles. The summed E-state index contributed by atoms with van der Waals surface area (Å²) in [5.74, 6) is -0.644. The van der Waals surface area contributed by atoms with Crippen LogP contribution in [0.5, 0.6) is 0 Å². The van der Waals surface area contributed by atoms with E-state index in [2.05, 4.69) is 10.3 Å². The number of rotatable bonds is 10. The van der Waals surface area contributed by atoms with Crippen LogP contribution in [0.1, 0.15) is 33.6 Å². The maximum atomic E-state index is 13.2. The Morgan fingerprint density at radius 3 is 2.09 bits per heavy atom. The predicted molar refractivity (Wildman–Crippen MR) is 139 cm³/mol. The molecule has 0 atom stereocenters. The van der Waals surface area contributed by atoms with E-state index in [1.807, 2.05) is 42.5 Å². The molecule has 0 spiro atoms. The third-order valence-corrected chi connectivity index (χ3v) is 7.90. The Balaban J connectivity index is 1.43. The first-order valence-corrected chi connectivity index (χ1v) is 13.8. The molecule has 0 aliphatic heterocycles. The SMILES string of the molecule is O=C(CCCS(=O)(=O)Cc1ccccc1)Nc1nc(-c2ccccc2)c(C(=O)c2ccccc2)s1. The van der Waals surface area contributed by atoms with Crippen LogP contribution in [-0.2, 0) is 20.4 Å². The molecule has 0 unspecified atom stereocenters. The molecule has 178 valence electrons. The summed E-state index contributed by atoms with van der Waals surface area (Å²) in [5.41, 5.74) is 2.54. The topological polar surface area (TPSA) is 93.2 Å². The number of nitrogens with zero attached hydrogens (tertiary/aromatic N) is 1. The molecule has 1 amide bonds. The average molecular weight is 505 g/mol. The van der Waals surface area contributed by atoms with Gasteiger partial charge in [0.15, 0.2) is 15.0 Å². The van der Waals surface area contributed by atoms with Crippen LogP contribution < -0.4 is 5.32 Å². The number of carbonyl (C=O) groups excluding carboxylic acids is 2. The lowest BCUT2D eigenvalue weighted by atomic mass is 10.1. The van der Waals surface area contributed by atoms with E-state index in [0.717, 1.165) is 22.5 Å². The molecule has 1 N–H and O–H groups in total. The van der Waals surface area contributed by atoms with E-state index in [-0.39, 0.29) is 36.0 Å². The summed E-state index contributed by atoms with van der Waals surface area (Å²) in [6.45, 7) is 0. The molecule has 1 aromatic heterocycles. The number of hydrogen-bond donors (Lipinski definition) is 1. The Labute approximate surface area is 208 Å². The van der Waals surface area contributed by atoms with Crippen molar-refractivity contribution in [2.75, 3.05) is 11.1 Å². The Morgan fingerprint density at radius 2 is 1.43 bits per heavy atom. The smallest absolute Gasteiger partial charge is 0.226 e. The van der Waals surface area contributed by atoms with E-state index in [1.54, 1.807) is 48.5 Å². The molecule has 0 aliphatic rings. The lowest BCUT2D eigenvalue weighted by Crippen LogP contribution is -2.15. The number of carbonyl (C=O) groups is 2. The van der Waals surface area contributed by atoms with E-state index in [4.69, 9.17) is 0 Å². The second kappa shape index (κ2) is 11.2. The monoisotopic (exact) mass is 504 g/mol. The zero-order chi connectivity index (χ0) is 24.7. The molecule has 1 heterocycles. The van der Waals surface area contributed by atoms with Gasteiger partial charge in [0.05, 0.1) is 17.2 Å². The third-order valence-electron chi connectivity index (χ3n) is 5.25. The number of ketones is 1. The van der Waals surface area contributed by atoms with E-state index < -0.39 is 9.84 Å². The van der Waals surface area contributed by atoms with Crippen molar-refractivity contribution in [2.45, 2.75) is 18.6 Å². The van der Waals surface area contributed by atoms with Gasteiger partial charge in [0.2, 0.25) is 11.7 Å². The van der Waals surface area contributed by atoms with Gasteiger partial charge in [-0.1, -0.05) is 102 Å². The van der Waals surface area contributed by atoms with Gasteiger partial charge in [-0.05, 0) is 12.0 Å². The lowest BCUT2D eigenvalue weighted by Gasteiger charge is -2.05. The predicted octanol–water partition coefficient (Wildman–Crippen LogP) is 5.37. The minimum atomic E-state index is -3.32. The van der Waals surface area contributed by atoms with E-state index >= 15 is 0 Å². The van der Waals surface area contributed by atoms with Gasteiger partial charge in [-0.15, -0.1) is 0 Å². The zero-order valence-corrected chi connectivity index (χ0v) is 20.5. The molecule has 0 saturated heterocycles. The van der Waals surface area contributed by atoms with E-state index in [0.29, 0.717) is 21.3 Å². The van der Waals surface area contributed by atoms with Crippen molar-refractivity contribution in [1.82, 2.24) is 4.98 Å². The van der Waals surface area contributed by atoms with Gasteiger partial charge in [-0.3, -0.25) is 9.59 Å². The van der Waals surface area contributed by atoms with Crippen LogP contribution in [0.25, 0.3) is 11.3 Å². The van der Waals surface area contributed by atoms with Crippen LogP contribution in [-0.4, -0.2) is 30.8 Å². The van der Waals surface area contributed by atoms with E-state index in [1.165, 1.54) is 0 Å². The number of hydrogen-bond acceptors (Lipinski definition) is 6. The summed E-state index contributed by atoms with van der Waals surface area (Å²) in [7, 11) is -3.32. The fourth-order valence-corrected chi connectivity index (χ4v) is 5.97. The maximum absolute atomic E-state index is 13.2. The fourth-order valence-electron chi connectivity index (χ4n) is 3.57. The molecule has 6 nitrogen and oxygen atoms in total. The van der Waals surface area contributed by atoms with E-state index in [9.17, 15) is 18.0 Å². The van der Waals surface area contributed by atoms with Crippen molar-refractivity contribution in [2.24, 2.45) is 0 Å². The normalized spacial score (nSPS) is 11.2. The lowest BCUT2D eigenvalue weighted by molar-refractivity contribution is -0.116. The third kappa shape index (κ3) is 6.71. The first-order valence-electron chi connectivity index (χ1n) is 11.1. The van der Waals surface area contributed by atoms with Gasteiger partial charge in [0.1, 0.15) is 4.88 Å². The number of benzene rings is 3. The molecule has 35 heavy (non-hydrogen) atoms. The van der Waals surface area contributed by atoms with Crippen molar-refractivity contribution in [3.05, 3.63) is 107 Å². The van der Waals surface area contributed by atoms with Gasteiger partial charge in [0, 0.05) is 17.5 Å². The molecule has 4 aromatic rings. The van der Waals surface area contributed by atoms with Crippen molar-refractivity contribution < 1.29 is 18.0 Å². The van der Waals surface area contributed by atoms with Gasteiger partial charge in [-0.25, -0.2) is 13.4 Å². The maximum Gasteiger partial charge on any atom is 0.226 e. The number of sulfone groups is 1.